The lowest BCUT2D eigenvalue weighted by atomic mass is 9.52. The van der Waals surface area contributed by atoms with Gasteiger partial charge in [-0.2, -0.15) is 13.1 Å². The molecule has 7 heteroatoms. The van der Waals surface area contributed by atoms with Crippen LogP contribution in [0.1, 0.15) is 98.8 Å². The Labute approximate surface area is 219 Å². The van der Waals surface area contributed by atoms with Crippen molar-refractivity contribution in [1.29, 1.82) is 0 Å². The molecule has 6 rings (SSSR count). The maximum Gasteiger partial charge on any atom is 0.274 e. The van der Waals surface area contributed by atoms with Gasteiger partial charge in [0.25, 0.3) is 10.2 Å². The molecule has 3 saturated carbocycles. The van der Waals surface area contributed by atoms with E-state index in [0.717, 1.165) is 44.1 Å². The van der Waals surface area contributed by atoms with Crippen molar-refractivity contribution in [1.82, 2.24) is 10.0 Å². The smallest absolute Gasteiger partial charge is 0.274 e. The third-order valence-electron chi connectivity index (χ3n) is 12.3. The lowest BCUT2D eigenvalue weighted by molar-refractivity contribution is -0.124. The molecule has 2 saturated heterocycles. The highest BCUT2D eigenvalue weighted by Crippen LogP contribution is 2.65. The molecule has 0 aromatic rings. The third kappa shape index (κ3) is 3.97. The van der Waals surface area contributed by atoms with E-state index >= 15 is 0 Å². The van der Waals surface area contributed by atoms with Crippen LogP contribution in [0.4, 0.5) is 0 Å². The van der Waals surface area contributed by atoms with E-state index in [1.54, 1.807) is 11.1 Å². The predicted octanol–water partition coefficient (Wildman–Crippen LogP) is 4.66. The van der Waals surface area contributed by atoms with Crippen LogP contribution in [-0.2, 0) is 14.9 Å². The molecule has 0 radical (unpaired) electrons. The van der Waals surface area contributed by atoms with Crippen molar-refractivity contribution >= 4 is 10.2 Å². The summed E-state index contributed by atoms with van der Waals surface area (Å²) < 4.78 is 33.2. The van der Waals surface area contributed by atoms with Crippen LogP contribution in [0.15, 0.2) is 11.1 Å². The van der Waals surface area contributed by atoms with Gasteiger partial charge in [-0.05, 0) is 120 Å². The molecule has 6 aliphatic rings. The highest BCUT2D eigenvalue weighted by molar-refractivity contribution is 7.87. The zero-order valence-electron chi connectivity index (χ0n) is 23.1. The van der Waals surface area contributed by atoms with Gasteiger partial charge in [-0.3, -0.25) is 0 Å². The molecule has 36 heavy (non-hydrogen) atoms. The maximum absolute atomic E-state index is 11.7. The van der Waals surface area contributed by atoms with Crippen LogP contribution in [0.3, 0.4) is 0 Å². The predicted molar refractivity (Wildman–Crippen MR) is 143 cm³/mol. The van der Waals surface area contributed by atoms with Gasteiger partial charge in [0.15, 0.2) is 0 Å². The summed E-state index contributed by atoms with van der Waals surface area (Å²) in [4.78, 5) is 0. The van der Waals surface area contributed by atoms with Crippen molar-refractivity contribution in [3.05, 3.63) is 11.1 Å². The summed E-state index contributed by atoms with van der Waals surface area (Å²) in [6, 6.07) is 0.470. The van der Waals surface area contributed by atoms with Gasteiger partial charge in [-0.15, -0.1) is 0 Å². The summed E-state index contributed by atoms with van der Waals surface area (Å²) in [5.41, 5.74) is 3.64. The number of hydrogen-bond acceptors (Lipinski definition) is 4. The zero-order valence-corrected chi connectivity index (χ0v) is 23.9. The van der Waals surface area contributed by atoms with Crippen molar-refractivity contribution in [2.75, 3.05) is 6.54 Å². The molecule has 1 unspecified atom stereocenters. The van der Waals surface area contributed by atoms with Gasteiger partial charge in [-0.25, -0.2) is 5.14 Å². The Bertz CT molecular complexity index is 1040. The summed E-state index contributed by atoms with van der Waals surface area (Å²) in [6.07, 6.45) is 11.5. The minimum absolute atomic E-state index is 0.00421. The van der Waals surface area contributed by atoms with Crippen LogP contribution in [0, 0.1) is 40.9 Å². The average molecular weight is 520 g/mol. The molecule has 11 atom stereocenters. The van der Waals surface area contributed by atoms with Gasteiger partial charge in [0.2, 0.25) is 0 Å². The summed E-state index contributed by atoms with van der Waals surface area (Å²) in [5, 5.41) is 9.20. The van der Waals surface area contributed by atoms with E-state index in [1.165, 1.54) is 38.5 Å². The van der Waals surface area contributed by atoms with Gasteiger partial charge < -0.3 is 10.1 Å². The molecular formula is C29H49N3O3S. The SMILES string of the molecule is CC1=C2C[C@H]3[C@@H](CC[C@@H]4C[C@H](NS(N)(=O)=O)CC[C@@]43C)[C@@H]2CC[C@@]2(C1)OC1(C)C[C@H](C)CN[C@H]1[C@H]2C. The largest absolute Gasteiger partial charge is 0.367 e. The topological polar surface area (TPSA) is 93.5 Å². The maximum atomic E-state index is 11.7. The summed E-state index contributed by atoms with van der Waals surface area (Å²) >= 11 is 0. The Kier molecular flexibility index (Phi) is 6.10. The molecule has 2 aliphatic heterocycles. The molecule has 0 amide bonds. The average Bonchev–Trinajstić information content (AvgIpc) is 3.20. The van der Waals surface area contributed by atoms with Gasteiger partial charge in [0.1, 0.15) is 0 Å². The van der Waals surface area contributed by atoms with Gasteiger partial charge in [0.05, 0.1) is 11.2 Å². The molecule has 4 N–H and O–H groups in total. The first-order valence-electron chi connectivity index (χ1n) is 14.8. The number of ether oxygens (including phenoxy) is 1. The highest BCUT2D eigenvalue weighted by atomic mass is 32.2. The molecule has 0 bridgehead atoms. The Balaban J connectivity index is 1.23. The van der Waals surface area contributed by atoms with E-state index in [9.17, 15) is 8.42 Å². The van der Waals surface area contributed by atoms with E-state index < -0.39 is 10.2 Å². The van der Waals surface area contributed by atoms with E-state index in [-0.39, 0.29) is 17.2 Å². The first-order valence-corrected chi connectivity index (χ1v) is 16.3. The molecule has 204 valence electrons. The van der Waals surface area contributed by atoms with Crippen molar-refractivity contribution in [2.24, 2.45) is 46.1 Å². The molecule has 1 spiro atoms. The minimum atomic E-state index is -3.63. The number of hydrogen-bond donors (Lipinski definition) is 3. The number of allylic oxidation sites excluding steroid dienone is 1. The van der Waals surface area contributed by atoms with E-state index in [0.29, 0.717) is 35.1 Å². The molecule has 2 heterocycles. The van der Waals surface area contributed by atoms with Crippen LogP contribution in [0.25, 0.3) is 0 Å². The minimum Gasteiger partial charge on any atom is -0.367 e. The lowest BCUT2D eigenvalue weighted by Crippen LogP contribution is -2.55. The van der Waals surface area contributed by atoms with Gasteiger partial charge >= 0.3 is 0 Å². The monoisotopic (exact) mass is 519 g/mol. The fourth-order valence-electron chi connectivity index (χ4n) is 10.8. The number of piperidine rings is 1. The van der Waals surface area contributed by atoms with Gasteiger partial charge in [0, 0.05) is 18.0 Å². The number of nitrogens with one attached hydrogen (secondary N) is 2. The standard InChI is InChI=1S/C29H49N3O3S/c1-17-14-28(5)26(31-16-17)19(3)29(35-28)11-9-22-23-7-6-20-12-21(32-36(30,33)34)8-10-27(20,4)25(23)13-24(22)18(2)15-29/h17,19-23,25-26,31-32H,6-16H2,1-5H3,(H2,30,33,34)/t17-,19+,20+,21+,22-,23-,25-,26-,27-,28?,29-/m0/s1. The van der Waals surface area contributed by atoms with Gasteiger partial charge in [-0.1, -0.05) is 31.9 Å². The Hall–Kier alpha value is -0.470. The third-order valence-corrected chi connectivity index (χ3v) is 13.0. The van der Waals surface area contributed by atoms with Crippen LogP contribution >= 0.6 is 0 Å². The molecule has 5 fully saturated rings. The second kappa shape index (κ2) is 8.51. The quantitative estimate of drug-likeness (QED) is 0.463. The molecular weight excluding hydrogens is 470 g/mol. The first-order chi connectivity index (χ1) is 16.8. The molecule has 4 aliphatic carbocycles. The van der Waals surface area contributed by atoms with Crippen molar-refractivity contribution < 1.29 is 13.2 Å². The Morgan fingerprint density at radius 3 is 2.64 bits per heavy atom. The Morgan fingerprint density at radius 2 is 1.89 bits per heavy atom. The van der Waals surface area contributed by atoms with Crippen molar-refractivity contribution in [2.45, 2.75) is 122 Å². The summed E-state index contributed by atoms with van der Waals surface area (Å²) in [7, 11) is -3.63. The fraction of sp³-hybridized carbons (Fsp3) is 0.931. The van der Waals surface area contributed by atoms with Crippen molar-refractivity contribution in [3.8, 4) is 0 Å². The number of fused-ring (bicyclic) bond motifs is 6. The van der Waals surface area contributed by atoms with Crippen LogP contribution in [-0.4, -0.2) is 38.2 Å². The van der Waals surface area contributed by atoms with E-state index in [1.807, 2.05) is 0 Å². The van der Waals surface area contributed by atoms with Crippen LogP contribution in [0.5, 0.6) is 0 Å². The zero-order chi connectivity index (χ0) is 25.7. The molecule has 0 aromatic heterocycles. The summed E-state index contributed by atoms with van der Waals surface area (Å²) in [5.74, 6) is 4.03. The molecule has 6 nitrogen and oxygen atoms in total. The second-order valence-corrected chi connectivity index (χ2v) is 15.8. The number of nitrogens with two attached hydrogens (primary N) is 1. The highest BCUT2D eigenvalue weighted by Gasteiger charge is 2.62. The fourth-order valence-corrected chi connectivity index (χ4v) is 11.5. The second-order valence-electron chi connectivity index (χ2n) is 14.5. The summed E-state index contributed by atoms with van der Waals surface area (Å²) in [6.45, 7) is 13.3. The van der Waals surface area contributed by atoms with Crippen molar-refractivity contribution in [3.63, 3.8) is 0 Å². The van der Waals surface area contributed by atoms with E-state index in [4.69, 9.17) is 9.88 Å². The Morgan fingerprint density at radius 1 is 1.11 bits per heavy atom. The lowest BCUT2D eigenvalue weighted by Gasteiger charge is -2.54. The normalized spacial score (nSPS) is 52.9. The van der Waals surface area contributed by atoms with E-state index in [2.05, 4.69) is 44.7 Å². The van der Waals surface area contributed by atoms with Crippen LogP contribution < -0.4 is 15.2 Å². The number of rotatable bonds is 2. The van der Waals surface area contributed by atoms with Crippen LogP contribution in [0.2, 0.25) is 0 Å². The first kappa shape index (κ1) is 25.8. The molecule has 0 aromatic carbocycles.